The summed E-state index contributed by atoms with van der Waals surface area (Å²) >= 11 is 0. The van der Waals surface area contributed by atoms with Crippen molar-refractivity contribution < 1.29 is 14.3 Å². The SMILES string of the molecule is C.COC(=O)CCC1(C=O)CC/C=C\CCC1. The van der Waals surface area contributed by atoms with Gasteiger partial charge in [-0.3, -0.25) is 4.79 Å². The molecule has 3 nitrogen and oxygen atoms in total. The number of rotatable bonds is 4. The second-order valence-corrected chi connectivity index (χ2v) is 4.46. The molecule has 1 aliphatic rings. The van der Waals surface area contributed by atoms with Crippen LogP contribution in [0.5, 0.6) is 0 Å². The number of methoxy groups -OCH3 is 1. The topological polar surface area (TPSA) is 43.4 Å². The lowest BCUT2D eigenvalue weighted by Crippen LogP contribution is -2.24. The zero-order valence-corrected chi connectivity index (χ0v) is 9.91. The largest absolute Gasteiger partial charge is 0.469 e. The Kier molecular flexibility index (Phi) is 7.51. The second kappa shape index (κ2) is 8.04. The molecule has 1 unspecified atom stereocenters. The van der Waals surface area contributed by atoms with Gasteiger partial charge in [0.1, 0.15) is 6.29 Å². The first-order chi connectivity index (χ1) is 7.72. The molecule has 0 spiro atoms. The summed E-state index contributed by atoms with van der Waals surface area (Å²) in [5.74, 6) is -0.223. The monoisotopic (exact) mass is 240 g/mol. The lowest BCUT2D eigenvalue weighted by Gasteiger charge is -2.28. The highest BCUT2D eigenvalue weighted by Gasteiger charge is 2.29. The fourth-order valence-electron chi connectivity index (χ4n) is 2.18. The minimum absolute atomic E-state index is 0. The molecule has 0 saturated heterocycles. The third-order valence-electron chi connectivity index (χ3n) is 3.33. The van der Waals surface area contributed by atoms with Crippen LogP contribution in [0, 0.1) is 5.41 Å². The number of aldehydes is 1. The first kappa shape index (κ1) is 15.9. The van der Waals surface area contributed by atoms with Gasteiger partial charge in [-0.05, 0) is 38.5 Å². The van der Waals surface area contributed by atoms with Crippen molar-refractivity contribution in [1.82, 2.24) is 0 Å². The van der Waals surface area contributed by atoms with Crippen LogP contribution in [0.2, 0.25) is 0 Å². The molecule has 0 aromatic heterocycles. The van der Waals surface area contributed by atoms with Crippen LogP contribution >= 0.6 is 0 Å². The molecule has 0 aromatic carbocycles. The highest BCUT2D eigenvalue weighted by molar-refractivity contribution is 5.70. The van der Waals surface area contributed by atoms with Gasteiger partial charge < -0.3 is 9.53 Å². The Labute approximate surface area is 104 Å². The first-order valence-electron chi connectivity index (χ1n) is 5.90. The number of ether oxygens (including phenoxy) is 1. The van der Waals surface area contributed by atoms with Crippen molar-refractivity contribution in [1.29, 1.82) is 0 Å². The predicted molar refractivity (Wildman–Crippen MR) is 68.7 cm³/mol. The summed E-state index contributed by atoms with van der Waals surface area (Å²) in [7, 11) is 1.39. The normalized spacial score (nSPS) is 25.9. The maximum atomic E-state index is 11.3. The summed E-state index contributed by atoms with van der Waals surface area (Å²) in [6.45, 7) is 0. The molecule has 0 heterocycles. The van der Waals surface area contributed by atoms with Gasteiger partial charge in [0.05, 0.1) is 7.11 Å². The van der Waals surface area contributed by atoms with Crippen LogP contribution in [0.15, 0.2) is 12.2 Å². The number of carbonyl (C=O) groups is 2. The second-order valence-electron chi connectivity index (χ2n) is 4.46. The molecule has 0 radical (unpaired) electrons. The summed E-state index contributed by atoms with van der Waals surface area (Å²) in [6, 6.07) is 0. The summed E-state index contributed by atoms with van der Waals surface area (Å²) in [6.07, 6.45) is 11.1. The molecule has 1 aliphatic carbocycles. The first-order valence-corrected chi connectivity index (χ1v) is 5.90. The van der Waals surface area contributed by atoms with Crippen molar-refractivity contribution in [3.63, 3.8) is 0 Å². The number of hydrogen-bond donors (Lipinski definition) is 0. The molecular formula is C14H24O3. The maximum Gasteiger partial charge on any atom is 0.305 e. The highest BCUT2D eigenvalue weighted by atomic mass is 16.5. The fourth-order valence-corrected chi connectivity index (χ4v) is 2.18. The number of hydrogen-bond acceptors (Lipinski definition) is 3. The van der Waals surface area contributed by atoms with Gasteiger partial charge in [-0.2, -0.15) is 0 Å². The van der Waals surface area contributed by atoms with Crippen molar-refractivity contribution in [2.75, 3.05) is 7.11 Å². The van der Waals surface area contributed by atoms with Crippen LogP contribution in [0.1, 0.15) is 52.4 Å². The van der Waals surface area contributed by atoms with E-state index in [1.54, 1.807) is 0 Å². The molecule has 0 bridgehead atoms. The van der Waals surface area contributed by atoms with Crippen molar-refractivity contribution in [2.24, 2.45) is 5.41 Å². The van der Waals surface area contributed by atoms with Crippen LogP contribution < -0.4 is 0 Å². The molecule has 0 saturated carbocycles. The van der Waals surface area contributed by atoms with E-state index in [0.717, 1.165) is 38.4 Å². The number of esters is 1. The average Bonchev–Trinajstić information content (AvgIpc) is 2.28. The van der Waals surface area contributed by atoms with E-state index in [9.17, 15) is 9.59 Å². The molecule has 0 amide bonds. The molecule has 0 N–H and O–H groups in total. The van der Waals surface area contributed by atoms with Gasteiger partial charge >= 0.3 is 5.97 Å². The maximum absolute atomic E-state index is 11.3. The predicted octanol–water partition coefficient (Wildman–Crippen LogP) is 3.28. The van der Waals surface area contributed by atoms with Crippen LogP contribution in [-0.2, 0) is 14.3 Å². The van der Waals surface area contributed by atoms with Crippen LogP contribution in [0.25, 0.3) is 0 Å². The van der Waals surface area contributed by atoms with Crippen molar-refractivity contribution in [3.05, 3.63) is 12.2 Å². The van der Waals surface area contributed by atoms with E-state index in [4.69, 9.17) is 0 Å². The molecular weight excluding hydrogens is 216 g/mol. The molecule has 0 aromatic rings. The van der Waals surface area contributed by atoms with Gasteiger partial charge in [0.15, 0.2) is 0 Å². The summed E-state index contributed by atoms with van der Waals surface area (Å²) in [4.78, 5) is 22.4. The molecule has 1 atom stereocenters. The van der Waals surface area contributed by atoms with Gasteiger partial charge in [0, 0.05) is 11.8 Å². The molecule has 98 valence electrons. The van der Waals surface area contributed by atoms with E-state index in [2.05, 4.69) is 16.9 Å². The third-order valence-corrected chi connectivity index (χ3v) is 3.33. The molecule has 17 heavy (non-hydrogen) atoms. The Morgan fingerprint density at radius 3 is 2.71 bits per heavy atom. The van der Waals surface area contributed by atoms with E-state index in [0.29, 0.717) is 12.8 Å². The fraction of sp³-hybridized carbons (Fsp3) is 0.714. The minimum Gasteiger partial charge on any atom is -0.469 e. The van der Waals surface area contributed by atoms with E-state index >= 15 is 0 Å². The van der Waals surface area contributed by atoms with Gasteiger partial charge in [-0.1, -0.05) is 19.6 Å². The standard InChI is InChI=1S/C13H20O3.CH4/c1-16-12(15)7-10-13(11-14)8-5-3-2-4-6-9-13;/h2-3,11H,4-10H2,1H3;1H4/b3-2-;. The lowest BCUT2D eigenvalue weighted by molar-refractivity contribution is -0.141. The van der Waals surface area contributed by atoms with E-state index < -0.39 is 0 Å². The Morgan fingerprint density at radius 1 is 1.35 bits per heavy atom. The van der Waals surface area contributed by atoms with Crippen LogP contribution in [0.3, 0.4) is 0 Å². The third kappa shape index (κ3) is 5.16. The molecule has 3 heteroatoms. The van der Waals surface area contributed by atoms with E-state index in [1.807, 2.05) is 0 Å². The van der Waals surface area contributed by atoms with Gasteiger partial charge in [0.2, 0.25) is 0 Å². The zero-order valence-electron chi connectivity index (χ0n) is 9.91. The van der Waals surface area contributed by atoms with E-state index in [-0.39, 0.29) is 18.8 Å². The zero-order chi connectivity index (χ0) is 11.9. The van der Waals surface area contributed by atoms with Gasteiger partial charge in [-0.15, -0.1) is 0 Å². The van der Waals surface area contributed by atoms with E-state index in [1.165, 1.54) is 7.11 Å². The Bertz CT molecular complexity index is 271. The minimum atomic E-state index is -0.307. The van der Waals surface area contributed by atoms with Crippen molar-refractivity contribution in [3.8, 4) is 0 Å². The average molecular weight is 240 g/mol. The Balaban J connectivity index is 0.00000256. The van der Waals surface area contributed by atoms with Gasteiger partial charge in [-0.25, -0.2) is 0 Å². The Morgan fingerprint density at radius 2 is 2.06 bits per heavy atom. The smallest absolute Gasteiger partial charge is 0.305 e. The lowest BCUT2D eigenvalue weighted by atomic mass is 9.75. The summed E-state index contributed by atoms with van der Waals surface area (Å²) in [5.41, 5.74) is -0.307. The highest BCUT2D eigenvalue weighted by Crippen LogP contribution is 2.35. The van der Waals surface area contributed by atoms with Crippen molar-refractivity contribution >= 4 is 12.3 Å². The van der Waals surface area contributed by atoms with Crippen LogP contribution in [0.4, 0.5) is 0 Å². The molecule has 0 aliphatic heterocycles. The quantitative estimate of drug-likeness (QED) is 0.430. The summed E-state index contributed by atoms with van der Waals surface area (Å²) in [5, 5.41) is 0. The summed E-state index contributed by atoms with van der Waals surface area (Å²) < 4.78 is 4.62. The number of carbonyl (C=O) groups excluding carboxylic acids is 2. The van der Waals surface area contributed by atoms with Crippen LogP contribution in [-0.4, -0.2) is 19.4 Å². The Hall–Kier alpha value is -1.12. The van der Waals surface area contributed by atoms with Gasteiger partial charge in [0.25, 0.3) is 0 Å². The molecule has 1 rings (SSSR count). The molecule has 0 fully saturated rings. The van der Waals surface area contributed by atoms with Crippen molar-refractivity contribution in [2.45, 2.75) is 52.4 Å². The number of allylic oxidation sites excluding steroid dienone is 2.